The molecule has 8 rings (SSSR count). The largest absolute Gasteiger partial charge is 0.255 e. The average Bonchev–Trinajstić information content (AvgIpc) is 3.07. The van der Waals surface area contributed by atoms with Crippen LogP contribution in [0.25, 0.3) is 75.5 Å². The van der Waals surface area contributed by atoms with Gasteiger partial charge in [-0.05, 0) is 102 Å². The summed E-state index contributed by atoms with van der Waals surface area (Å²) >= 11 is 0. The molecule has 2 heteroatoms. The summed E-state index contributed by atoms with van der Waals surface area (Å²) < 4.78 is 0. The van der Waals surface area contributed by atoms with Crippen LogP contribution in [-0.2, 0) is 0 Å². The summed E-state index contributed by atoms with van der Waals surface area (Å²) in [5.74, 6) is 0. The van der Waals surface area contributed by atoms with Gasteiger partial charge in [0.15, 0.2) is 0 Å². The van der Waals surface area contributed by atoms with Crippen molar-refractivity contribution in [1.82, 2.24) is 4.98 Å². The Morgan fingerprint density at radius 1 is 0.381 bits per heavy atom. The van der Waals surface area contributed by atoms with Crippen molar-refractivity contribution in [3.63, 3.8) is 0 Å². The lowest BCUT2D eigenvalue weighted by molar-refractivity contribution is 1.39. The van der Waals surface area contributed by atoms with Gasteiger partial charge in [0.2, 0.25) is 0 Å². The molecule has 8 aromatic rings. The van der Waals surface area contributed by atoms with E-state index >= 15 is 0 Å². The SMILES string of the molecule is N#Cc1cnc2cc1c1cccc(c1)c1cccc(c1)c1cccc(c1)c1cccc(c1)c1cc2cc2ccccc21. The highest BCUT2D eigenvalue weighted by Crippen LogP contribution is 2.30. The Morgan fingerprint density at radius 2 is 0.810 bits per heavy atom. The number of benzene rings is 6. The van der Waals surface area contributed by atoms with Gasteiger partial charge in [-0.2, -0.15) is 5.26 Å². The predicted octanol–water partition coefficient (Wildman–Crippen LogP) is 10.7. The van der Waals surface area contributed by atoms with E-state index in [1.807, 2.05) is 0 Å². The van der Waals surface area contributed by atoms with E-state index in [1.165, 1.54) is 26.9 Å². The fourth-order valence-corrected chi connectivity index (χ4v) is 6.13. The molecule has 0 N–H and O–H groups in total. The second kappa shape index (κ2) is 9.70. The minimum Gasteiger partial charge on any atom is -0.255 e. The van der Waals surface area contributed by atoms with Gasteiger partial charge in [-0.3, -0.25) is 4.98 Å². The van der Waals surface area contributed by atoms with Gasteiger partial charge in [0.25, 0.3) is 0 Å². The van der Waals surface area contributed by atoms with Crippen molar-refractivity contribution in [2.75, 3.05) is 0 Å². The molecule has 0 fully saturated rings. The number of nitriles is 1. The fraction of sp³-hybridized carbons (Fsp3) is 0. The number of fused-ring (bicyclic) bond motifs is 20. The number of pyridine rings is 1. The first-order valence-corrected chi connectivity index (χ1v) is 14.1. The first-order chi connectivity index (χ1) is 20.7. The normalized spacial score (nSPS) is 11.3. The summed E-state index contributed by atoms with van der Waals surface area (Å²) in [5.41, 5.74) is 1.40. The zero-order valence-electron chi connectivity index (χ0n) is 22.8. The first-order valence-electron chi connectivity index (χ1n) is 14.1. The van der Waals surface area contributed by atoms with Crippen LogP contribution in [0.5, 0.6) is 0 Å². The van der Waals surface area contributed by atoms with Crippen LogP contribution in [0.1, 0.15) is 5.56 Å². The molecule has 0 amide bonds. The van der Waals surface area contributed by atoms with Crippen LogP contribution in [0.3, 0.4) is 0 Å². The summed E-state index contributed by atoms with van der Waals surface area (Å²) in [6, 6.07) is 52.1. The van der Waals surface area contributed by atoms with E-state index < -0.39 is 0 Å². The highest BCUT2D eigenvalue weighted by Gasteiger charge is 2.06. The molecule has 1 aromatic heterocycles. The minimum absolute atomic E-state index is 0.560. The van der Waals surface area contributed by atoms with Crippen LogP contribution >= 0.6 is 0 Å². The van der Waals surface area contributed by atoms with E-state index in [0.29, 0.717) is 5.56 Å². The fourth-order valence-electron chi connectivity index (χ4n) is 6.13. The van der Waals surface area contributed by atoms with Gasteiger partial charge in [0.1, 0.15) is 6.07 Å². The Morgan fingerprint density at radius 3 is 1.38 bits per heavy atom. The van der Waals surface area contributed by atoms with Gasteiger partial charge in [-0.25, -0.2) is 0 Å². The zero-order valence-corrected chi connectivity index (χ0v) is 22.8. The molecule has 7 aromatic carbocycles. The molecule has 0 aliphatic heterocycles. The van der Waals surface area contributed by atoms with Gasteiger partial charge in [-0.1, -0.05) is 97.1 Å². The molecule has 1 heterocycles. The Hall–Kier alpha value is -5.78. The molecule has 0 aliphatic rings. The van der Waals surface area contributed by atoms with E-state index in [9.17, 15) is 5.26 Å². The molecule has 0 aliphatic carbocycles. The molecule has 0 atom stereocenters. The molecular formula is C40H24N2. The summed E-state index contributed by atoms with van der Waals surface area (Å²) in [5, 5.41) is 24.5. The molecule has 12 bridgehead atoms. The number of hydrogen-bond acceptors (Lipinski definition) is 2. The Labute approximate surface area is 242 Å². The van der Waals surface area contributed by atoms with Gasteiger partial charge in [0.05, 0.1) is 11.1 Å². The van der Waals surface area contributed by atoms with Crippen molar-refractivity contribution in [3.05, 3.63) is 151 Å². The standard InChI is InChI=1S/C40H24N2/c41-24-36-25-42-40-23-38(36)33-14-5-12-30(19-33)28-10-3-8-26(17-28)27-9-4-11-29(18-27)31-13-6-15-34(20-31)39-22-35(40)21-32-7-1-2-16-37(32)39/h1-23,25H. The van der Waals surface area contributed by atoms with Crippen molar-refractivity contribution in [1.29, 1.82) is 5.26 Å². The van der Waals surface area contributed by atoms with E-state index in [2.05, 4.69) is 146 Å². The maximum absolute atomic E-state index is 10.0. The number of nitrogens with zero attached hydrogens (tertiary/aromatic N) is 2. The van der Waals surface area contributed by atoms with Gasteiger partial charge in [0, 0.05) is 17.0 Å². The predicted molar refractivity (Wildman–Crippen MR) is 178 cm³/mol. The van der Waals surface area contributed by atoms with E-state index in [1.54, 1.807) is 6.20 Å². The molecule has 42 heavy (non-hydrogen) atoms. The smallest absolute Gasteiger partial charge is 0.101 e. The quantitative estimate of drug-likeness (QED) is 0.195. The van der Waals surface area contributed by atoms with E-state index in [0.717, 1.165) is 48.6 Å². The van der Waals surface area contributed by atoms with Crippen molar-refractivity contribution in [2.45, 2.75) is 0 Å². The van der Waals surface area contributed by atoms with Crippen molar-refractivity contribution in [3.8, 4) is 6.07 Å². The number of hydrogen-bond donors (Lipinski definition) is 0. The molecule has 0 saturated carbocycles. The second-order valence-corrected chi connectivity index (χ2v) is 10.8. The van der Waals surface area contributed by atoms with Gasteiger partial charge >= 0.3 is 0 Å². The third kappa shape index (κ3) is 4.08. The molecule has 0 saturated heterocycles. The van der Waals surface area contributed by atoms with Crippen LogP contribution in [0, 0.1) is 11.3 Å². The summed E-state index contributed by atoms with van der Waals surface area (Å²) in [6.45, 7) is 0. The molecule has 194 valence electrons. The second-order valence-electron chi connectivity index (χ2n) is 10.8. The molecule has 0 unspecified atom stereocenters. The highest BCUT2D eigenvalue weighted by molar-refractivity contribution is 6.12. The van der Waals surface area contributed by atoms with Crippen molar-refractivity contribution >= 4 is 75.5 Å². The summed E-state index contributed by atoms with van der Waals surface area (Å²) in [4.78, 5) is 4.78. The molecule has 0 radical (unpaired) electrons. The number of rotatable bonds is 0. The molecule has 0 spiro atoms. The van der Waals surface area contributed by atoms with Crippen molar-refractivity contribution in [2.24, 2.45) is 0 Å². The number of aromatic nitrogens is 1. The highest BCUT2D eigenvalue weighted by atomic mass is 14.6. The lowest BCUT2D eigenvalue weighted by Crippen LogP contribution is -1.84. The maximum Gasteiger partial charge on any atom is 0.101 e. The Kier molecular flexibility index (Phi) is 5.55. The van der Waals surface area contributed by atoms with E-state index in [4.69, 9.17) is 4.98 Å². The third-order valence-corrected chi connectivity index (χ3v) is 8.25. The average molecular weight is 533 g/mol. The summed E-state index contributed by atoms with van der Waals surface area (Å²) in [7, 11) is 0. The minimum atomic E-state index is 0.560. The van der Waals surface area contributed by atoms with Gasteiger partial charge < -0.3 is 0 Å². The van der Waals surface area contributed by atoms with Crippen LogP contribution in [0.4, 0.5) is 0 Å². The van der Waals surface area contributed by atoms with Crippen LogP contribution in [0.2, 0.25) is 0 Å². The van der Waals surface area contributed by atoms with Crippen LogP contribution in [0.15, 0.2) is 146 Å². The lowest BCUT2D eigenvalue weighted by atomic mass is 9.99. The Balaban J connectivity index is 1.66. The van der Waals surface area contributed by atoms with E-state index in [-0.39, 0.29) is 0 Å². The molecular weight excluding hydrogens is 508 g/mol. The van der Waals surface area contributed by atoms with Crippen LogP contribution < -0.4 is 0 Å². The lowest BCUT2D eigenvalue weighted by Gasteiger charge is -2.06. The summed E-state index contributed by atoms with van der Waals surface area (Å²) in [6.07, 6.45) is 1.71. The van der Waals surface area contributed by atoms with Gasteiger partial charge in [-0.15, -0.1) is 0 Å². The zero-order chi connectivity index (χ0) is 28.0. The monoisotopic (exact) mass is 532 g/mol. The third-order valence-electron chi connectivity index (χ3n) is 8.25. The first kappa shape index (κ1) is 24.1. The van der Waals surface area contributed by atoms with Crippen molar-refractivity contribution < 1.29 is 0 Å². The Bertz CT molecular complexity index is 2540. The topological polar surface area (TPSA) is 36.7 Å². The van der Waals surface area contributed by atoms with Crippen LogP contribution in [-0.4, -0.2) is 4.98 Å². The maximum atomic E-state index is 10.0. The molecule has 2 nitrogen and oxygen atoms in total.